The van der Waals surface area contributed by atoms with Gasteiger partial charge in [-0.15, -0.1) is 6.42 Å². The van der Waals surface area contributed by atoms with E-state index in [1.807, 2.05) is 0 Å². The first kappa shape index (κ1) is 5.61. The van der Waals surface area contributed by atoms with Crippen molar-refractivity contribution in [2.75, 3.05) is 19.6 Å². The first-order valence-electron chi connectivity index (χ1n) is 2.85. The predicted molar refractivity (Wildman–Crippen MR) is 33.0 cm³/mol. The van der Waals surface area contributed by atoms with Gasteiger partial charge in [-0.05, 0) is 6.42 Å². The van der Waals surface area contributed by atoms with Crippen molar-refractivity contribution in [3.05, 3.63) is 0 Å². The van der Waals surface area contributed by atoms with Gasteiger partial charge in [-0.2, -0.15) is 0 Å². The van der Waals surface area contributed by atoms with E-state index >= 15 is 0 Å². The van der Waals surface area contributed by atoms with Crippen LogP contribution in [0.3, 0.4) is 0 Å². The molecule has 0 atom stereocenters. The van der Waals surface area contributed by atoms with Crippen LogP contribution in [0.25, 0.3) is 0 Å². The highest BCUT2D eigenvalue weighted by Crippen LogP contribution is 1.92. The second-order valence-electron chi connectivity index (χ2n) is 1.89. The molecule has 1 N–H and O–H groups in total. The maximum absolute atomic E-state index is 5.08. The molecule has 1 aliphatic rings. The van der Waals surface area contributed by atoms with E-state index in [-0.39, 0.29) is 0 Å². The van der Waals surface area contributed by atoms with Crippen molar-refractivity contribution >= 4 is 0 Å². The first-order chi connectivity index (χ1) is 3.93. The number of hydrogen-bond acceptors (Lipinski definition) is 2. The molecule has 1 aliphatic heterocycles. The summed E-state index contributed by atoms with van der Waals surface area (Å²) in [5.41, 5.74) is 3.15. The minimum Gasteiger partial charge on any atom is -0.254 e. The van der Waals surface area contributed by atoms with Gasteiger partial charge in [-0.1, -0.05) is 5.92 Å². The van der Waals surface area contributed by atoms with Crippen LogP contribution in [0.4, 0.5) is 0 Å². The number of hydrazine groups is 1. The fourth-order valence-corrected chi connectivity index (χ4v) is 0.831. The van der Waals surface area contributed by atoms with Gasteiger partial charge in [0.2, 0.25) is 0 Å². The highest BCUT2D eigenvalue weighted by Gasteiger charge is 2.06. The van der Waals surface area contributed by atoms with E-state index in [0.29, 0.717) is 0 Å². The number of rotatable bonds is 1. The summed E-state index contributed by atoms with van der Waals surface area (Å²) in [6, 6.07) is 0. The maximum atomic E-state index is 5.08. The lowest BCUT2D eigenvalue weighted by molar-refractivity contribution is 0.287. The zero-order valence-electron chi connectivity index (χ0n) is 4.85. The molecule has 1 rings (SSSR count). The molecule has 0 unspecified atom stereocenters. The topological polar surface area (TPSA) is 15.3 Å². The van der Waals surface area contributed by atoms with Crippen LogP contribution < -0.4 is 5.43 Å². The Labute approximate surface area is 49.8 Å². The normalized spacial score (nSPS) is 20.9. The number of nitrogens with zero attached hydrogens (tertiary/aromatic N) is 1. The smallest absolute Gasteiger partial charge is 0.0739 e. The van der Waals surface area contributed by atoms with Gasteiger partial charge in [-0.3, -0.25) is 5.43 Å². The molecule has 0 aromatic heterocycles. The summed E-state index contributed by atoms with van der Waals surface area (Å²) in [5, 5.41) is 2.06. The zero-order valence-corrected chi connectivity index (χ0v) is 4.85. The number of hydrogen-bond donors (Lipinski definition) is 1. The van der Waals surface area contributed by atoms with Crippen LogP contribution in [-0.2, 0) is 0 Å². The van der Waals surface area contributed by atoms with Crippen molar-refractivity contribution in [3.8, 4) is 12.3 Å². The maximum Gasteiger partial charge on any atom is 0.0739 e. The predicted octanol–water partition coefficient (Wildman–Crippen LogP) is -0.170. The standard InChI is InChI=1S/C6H10N2/c1-2-5-8-6-3-4-7-8/h1,7H,3-6H2. The SMILES string of the molecule is C#CCN1CCCN1. The Balaban J connectivity index is 2.17. The summed E-state index contributed by atoms with van der Waals surface area (Å²) in [4.78, 5) is 0. The average molecular weight is 110 g/mol. The number of nitrogens with one attached hydrogen (secondary N) is 1. The molecule has 0 radical (unpaired) electrons. The van der Waals surface area contributed by atoms with Crippen molar-refractivity contribution in [2.24, 2.45) is 0 Å². The molecule has 2 heteroatoms. The van der Waals surface area contributed by atoms with Crippen LogP contribution in [0.2, 0.25) is 0 Å². The van der Waals surface area contributed by atoms with E-state index in [1.165, 1.54) is 6.42 Å². The molecule has 0 bridgehead atoms. The fourth-order valence-electron chi connectivity index (χ4n) is 0.831. The Bertz CT molecular complexity index is 97.6. The van der Waals surface area contributed by atoms with E-state index in [1.54, 1.807) is 0 Å². The van der Waals surface area contributed by atoms with Crippen molar-refractivity contribution < 1.29 is 0 Å². The molecule has 0 aliphatic carbocycles. The summed E-state index contributed by atoms with van der Waals surface area (Å²) in [6.07, 6.45) is 6.30. The van der Waals surface area contributed by atoms with Crippen LogP contribution in [0, 0.1) is 12.3 Å². The van der Waals surface area contributed by atoms with Gasteiger partial charge >= 0.3 is 0 Å². The van der Waals surface area contributed by atoms with Crippen LogP contribution in [0.15, 0.2) is 0 Å². The molecule has 2 nitrogen and oxygen atoms in total. The summed E-state index contributed by atoms with van der Waals surface area (Å²) in [6.45, 7) is 2.92. The monoisotopic (exact) mass is 110 g/mol. The molecular weight excluding hydrogens is 100 g/mol. The molecule has 1 fully saturated rings. The summed E-state index contributed by atoms with van der Waals surface area (Å²) in [7, 11) is 0. The van der Waals surface area contributed by atoms with Gasteiger partial charge in [0.25, 0.3) is 0 Å². The molecule has 1 saturated heterocycles. The Morgan fingerprint density at radius 1 is 1.75 bits per heavy atom. The third kappa shape index (κ3) is 1.22. The van der Waals surface area contributed by atoms with Crippen LogP contribution in [-0.4, -0.2) is 24.6 Å². The Morgan fingerprint density at radius 3 is 3.12 bits per heavy atom. The second kappa shape index (κ2) is 2.71. The average Bonchev–Trinajstić information content (AvgIpc) is 2.19. The minimum absolute atomic E-state index is 0.736. The van der Waals surface area contributed by atoms with Gasteiger partial charge in [0.1, 0.15) is 0 Å². The van der Waals surface area contributed by atoms with Gasteiger partial charge in [0, 0.05) is 13.1 Å². The van der Waals surface area contributed by atoms with E-state index in [0.717, 1.165) is 19.6 Å². The highest BCUT2D eigenvalue weighted by atomic mass is 15.5. The van der Waals surface area contributed by atoms with Gasteiger partial charge in [0.15, 0.2) is 0 Å². The number of terminal acetylenes is 1. The van der Waals surface area contributed by atoms with Crippen molar-refractivity contribution in [1.82, 2.24) is 10.4 Å². The zero-order chi connectivity index (χ0) is 5.82. The fraction of sp³-hybridized carbons (Fsp3) is 0.667. The lowest BCUT2D eigenvalue weighted by Gasteiger charge is -2.08. The molecule has 0 aromatic rings. The summed E-state index contributed by atoms with van der Waals surface area (Å²) in [5.74, 6) is 2.57. The van der Waals surface area contributed by atoms with E-state index in [4.69, 9.17) is 6.42 Å². The lowest BCUT2D eigenvalue weighted by atomic mass is 10.5. The van der Waals surface area contributed by atoms with Gasteiger partial charge in [-0.25, -0.2) is 5.01 Å². The van der Waals surface area contributed by atoms with E-state index in [2.05, 4.69) is 16.4 Å². The van der Waals surface area contributed by atoms with Crippen LogP contribution in [0.1, 0.15) is 6.42 Å². The van der Waals surface area contributed by atoms with Crippen LogP contribution in [0.5, 0.6) is 0 Å². The van der Waals surface area contributed by atoms with Crippen molar-refractivity contribution in [1.29, 1.82) is 0 Å². The third-order valence-corrected chi connectivity index (χ3v) is 1.22. The molecule has 0 amide bonds. The molecule has 0 spiro atoms. The Kier molecular flexibility index (Phi) is 1.90. The van der Waals surface area contributed by atoms with Gasteiger partial charge < -0.3 is 0 Å². The van der Waals surface area contributed by atoms with Crippen molar-refractivity contribution in [2.45, 2.75) is 6.42 Å². The lowest BCUT2D eigenvalue weighted by Crippen LogP contribution is -2.30. The molecule has 0 aromatic carbocycles. The molecule has 1 heterocycles. The molecular formula is C6H10N2. The second-order valence-corrected chi connectivity index (χ2v) is 1.89. The molecule has 44 valence electrons. The molecule has 8 heavy (non-hydrogen) atoms. The molecule has 0 saturated carbocycles. The first-order valence-corrected chi connectivity index (χ1v) is 2.85. The van der Waals surface area contributed by atoms with E-state index in [9.17, 15) is 0 Å². The highest BCUT2D eigenvalue weighted by molar-refractivity contribution is 4.87. The van der Waals surface area contributed by atoms with Crippen molar-refractivity contribution in [3.63, 3.8) is 0 Å². The minimum atomic E-state index is 0.736. The third-order valence-electron chi connectivity index (χ3n) is 1.22. The van der Waals surface area contributed by atoms with E-state index < -0.39 is 0 Å². The quantitative estimate of drug-likeness (QED) is 0.471. The summed E-state index contributed by atoms with van der Waals surface area (Å²) >= 11 is 0. The Morgan fingerprint density at radius 2 is 2.62 bits per heavy atom. The largest absolute Gasteiger partial charge is 0.254 e. The van der Waals surface area contributed by atoms with Crippen LogP contribution >= 0.6 is 0 Å². The van der Waals surface area contributed by atoms with Gasteiger partial charge in [0.05, 0.1) is 6.54 Å². The summed E-state index contributed by atoms with van der Waals surface area (Å²) < 4.78 is 0. The Hall–Kier alpha value is -0.520.